The van der Waals surface area contributed by atoms with Crippen LogP contribution >= 0.6 is 0 Å². The van der Waals surface area contributed by atoms with Crippen molar-refractivity contribution >= 4 is 0 Å². The van der Waals surface area contributed by atoms with Crippen LogP contribution in [0, 0.1) is 0 Å². The van der Waals surface area contributed by atoms with Gasteiger partial charge in [-0.15, -0.1) is 0 Å². The molecule has 1 heterocycles. The zero-order valence-corrected chi connectivity index (χ0v) is 10.0. The summed E-state index contributed by atoms with van der Waals surface area (Å²) in [6.07, 6.45) is 10.6. The molecule has 1 aliphatic rings. The SMILES string of the molecule is CN(CCn1ccnc1)C1CCC(N)CC1. The fourth-order valence-electron chi connectivity index (χ4n) is 2.42. The maximum atomic E-state index is 5.92. The molecule has 90 valence electrons. The van der Waals surface area contributed by atoms with E-state index in [1.165, 1.54) is 25.7 Å². The topological polar surface area (TPSA) is 47.1 Å². The highest BCUT2D eigenvalue weighted by Gasteiger charge is 2.21. The molecule has 0 amide bonds. The Labute approximate surface area is 97.4 Å². The van der Waals surface area contributed by atoms with E-state index in [0.717, 1.165) is 19.1 Å². The molecule has 1 fully saturated rings. The molecule has 0 aliphatic heterocycles. The van der Waals surface area contributed by atoms with E-state index in [2.05, 4.69) is 21.5 Å². The lowest BCUT2D eigenvalue weighted by Gasteiger charge is -2.33. The summed E-state index contributed by atoms with van der Waals surface area (Å²) < 4.78 is 2.13. The van der Waals surface area contributed by atoms with Crippen LogP contribution in [0.3, 0.4) is 0 Å². The van der Waals surface area contributed by atoms with Crippen LogP contribution in [0.25, 0.3) is 0 Å². The molecule has 2 N–H and O–H groups in total. The summed E-state index contributed by atoms with van der Waals surface area (Å²) in [5.41, 5.74) is 5.92. The Hall–Kier alpha value is -0.870. The molecule has 0 atom stereocenters. The lowest BCUT2D eigenvalue weighted by molar-refractivity contribution is 0.177. The van der Waals surface area contributed by atoms with Crippen molar-refractivity contribution in [2.75, 3.05) is 13.6 Å². The van der Waals surface area contributed by atoms with E-state index in [9.17, 15) is 0 Å². The van der Waals surface area contributed by atoms with Gasteiger partial charge in [-0.25, -0.2) is 4.98 Å². The number of imidazole rings is 1. The summed E-state index contributed by atoms with van der Waals surface area (Å²) in [6, 6.07) is 1.17. The van der Waals surface area contributed by atoms with Crippen molar-refractivity contribution in [2.24, 2.45) is 5.73 Å². The minimum atomic E-state index is 0.443. The Morgan fingerprint density at radius 3 is 2.75 bits per heavy atom. The highest BCUT2D eigenvalue weighted by Crippen LogP contribution is 2.20. The van der Waals surface area contributed by atoms with Crippen molar-refractivity contribution in [1.82, 2.24) is 14.5 Å². The van der Waals surface area contributed by atoms with Gasteiger partial charge in [0.2, 0.25) is 0 Å². The Bertz CT molecular complexity index is 288. The number of nitrogens with zero attached hydrogens (tertiary/aromatic N) is 3. The van der Waals surface area contributed by atoms with Crippen molar-refractivity contribution in [3.63, 3.8) is 0 Å². The predicted molar refractivity (Wildman–Crippen MR) is 65.1 cm³/mol. The smallest absolute Gasteiger partial charge is 0.0946 e. The fraction of sp³-hybridized carbons (Fsp3) is 0.750. The first-order valence-electron chi connectivity index (χ1n) is 6.17. The van der Waals surface area contributed by atoms with Crippen LogP contribution < -0.4 is 5.73 Å². The third kappa shape index (κ3) is 3.06. The second-order valence-corrected chi connectivity index (χ2v) is 4.85. The van der Waals surface area contributed by atoms with E-state index in [4.69, 9.17) is 5.73 Å². The summed E-state index contributed by atoms with van der Waals surface area (Å²) in [5.74, 6) is 0. The average molecular weight is 222 g/mol. The molecule has 0 unspecified atom stereocenters. The van der Waals surface area contributed by atoms with Gasteiger partial charge < -0.3 is 15.2 Å². The molecule has 0 bridgehead atoms. The molecule has 1 aromatic rings. The molecule has 16 heavy (non-hydrogen) atoms. The first kappa shape index (κ1) is 11.6. The molecular formula is C12H22N4. The molecule has 4 nitrogen and oxygen atoms in total. The third-order valence-electron chi connectivity index (χ3n) is 3.63. The number of likely N-dealkylation sites (N-methyl/N-ethyl adjacent to an activating group) is 1. The van der Waals surface area contributed by atoms with Crippen molar-refractivity contribution in [1.29, 1.82) is 0 Å². The van der Waals surface area contributed by atoms with Gasteiger partial charge in [0.05, 0.1) is 6.33 Å². The second kappa shape index (κ2) is 5.46. The fourth-order valence-corrected chi connectivity index (χ4v) is 2.42. The third-order valence-corrected chi connectivity index (χ3v) is 3.63. The average Bonchev–Trinajstić information content (AvgIpc) is 2.80. The maximum absolute atomic E-state index is 5.92. The minimum Gasteiger partial charge on any atom is -0.336 e. The maximum Gasteiger partial charge on any atom is 0.0946 e. The van der Waals surface area contributed by atoms with E-state index >= 15 is 0 Å². The monoisotopic (exact) mass is 222 g/mol. The lowest BCUT2D eigenvalue weighted by atomic mass is 9.91. The molecular weight excluding hydrogens is 200 g/mol. The van der Waals surface area contributed by atoms with E-state index in [1.807, 2.05) is 18.7 Å². The van der Waals surface area contributed by atoms with Gasteiger partial charge in [-0.1, -0.05) is 0 Å². The van der Waals surface area contributed by atoms with Crippen LogP contribution in [0.2, 0.25) is 0 Å². The highest BCUT2D eigenvalue weighted by molar-refractivity contribution is 4.80. The molecule has 1 aliphatic carbocycles. The van der Waals surface area contributed by atoms with E-state index < -0.39 is 0 Å². The van der Waals surface area contributed by atoms with Crippen molar-refractivity contribution in [3.05, 3.63) is 18.7 Å². The van der Waals surface area contributed by atoms with Gasteiger partial charge in [0.15, 0.2) is 0 Å². The van der Waals surface area contributed by atoms with Crippen LogP contribution in [-0.4, -0.2) is 40.1 Å². The van der Waals surface area contributed by atoms with Crippen molar-refractivity contribution < 1.29 is 0 Å². The first-order valence-corrected chi connectivity index (χ1v) is 6.17. The minimum absolute atomic E-state index is 0.443. The van der Waals surface area contributed by atoms with Gasteiger partial charge in [-0.3, -0.25) is 0 Å². The molecule has 0 radical (unpaired) electrons. The Morgan fingerprint density at radius 1 is 1.38 bits per heavy atom. The number of rotatable bonds is 4. The first-order chi connectivity index (χ1) is 7.75. The summed E-state index contributed by atoms with van der Waals surface area (Å²) in [6.45, 7) is 2.12. The Kier molecular flexibility index (Phi) is 3.96. The normalized spacial score (nSPS) is 26.2. The van der Waals surface area contributed by atoms with Crippen molar-refractivity contribution in [2.45, 2.75) is 44.3 Å². The van der Waals surface area contributed by atoms with Gasteiger partial charge >= 0.3 is 0 Å². The summed E-state index contributed by atoms with van der Waals surface area (Å²) in [5, 5.41) is 0. The van der Waals surface area contributed by atoms with Crippen LogP contribution in [0.15, 0.2) is 18.7 Å². The summed E-state index contributed by atoms with van der Waals surface area (Å²) in [7, 11) is 2.22. The molecule has 0 saturated heterocycles. The zero-order chi connectivity index (χ0) is 11.4. The predicted octanol–water partition coefficient (Wildman–Crippen LogP) is 1.08. The summed E-state index contributed by atoms with van der Waals surface area (Å²) >= 11 is 0. The van der Waals surface area contributed by atoms with Gasteiger partial charge in [0, 0.05) is 37.6 Å². The van der Waals surface area contributed by atoms with Crippen LogP contribution in [0.4, 0.5) is 0 Å². The van der Waals surface area contributed by atoms with E-state index in [0.29, 0.717) is 6.04 Å². The second-order valence-electron chi connectivity index (χ2n) is 4.85. The quantitative estimate of drug-likeness (QED) is 0.829. The Balaban J connectivity index is 1.73. The molecule has 1 saturated carbocycles. The molecule has 1 aromatic heterocycles. The van der Waals surface area contributed by atoms with Gasteiger partial charge in [0.1, 0.15) is 0 Å². The highest BCUT2D eigenvalue weighted by atomic mass is 15.2. The molecule has 2 rings (SSSR count). The van der Waals surface area contributed by atoms with E-state index in [-0.39, 0.29) is 0 Å². The molecule has 0 aromatic carbocycles. The number of hydrogen-bond donors (Lipinski definition) is 1. The summed E-state index contributed by atoms with van der Waals surface area (Å²) in [4.78, 5) is 6.51. The number of aromatic nitrogens is 2. The molecule has 4 heteroatoms. The Morgan fingerprint density at radius 2 is 2.12 bits per heavy atom. The number of hydrogen-bond acceptors (Lipinski definition) is 3. The zero-order valence-electron chi connectivity index (χ0n) is 10.0. The van der Waals surface area contributed by atoms with Crippen molar-refractivity contribution in [3.8, 4) is 0 Å². The van der Waals surface area contributed by atoms with E-state index in [1.54, 1.807) is 0 Å². The molecule has 0 spiro atoms. The van der Waals surface area contributed by atoms with Crippen LogP contribution in [0.5, 0.6) is 0 Å². The lowest BCUT2D eigenvalue weighted by Crippen LogP contribution is -2.39. The van der Waals surface area contributed by atoms with Gasteiger partial charge in [-0.2, -0.15) is 0 Å². The van der Waals surface area contributed by atoms with Crippen LogP contribution in [0.1, 0.15) is 25.7 Å². The van der Waals surface area contributed by atoms with Gasteiger partial charge in [0.25, 0.3) is 0 Å². The van der Waals surface area contributed by atoms with Gasteiger partial charge in [-0.05, 0) is 32.7 Å². The largest absolute Gasteiger partial charge is 0.336 e. The standard InChI is InChI=1S/C12H22N4/c1-15(8-9-16-7-6-14-10-16)12-4-2-11(13)3-5-12/h6-7,10-12H,2-5,8-9,13H2,1H3. The van der Waals surface area contributed by atoms with Crippen LogP contribution in [-0.2, 0) is 6.54 Å². The number of nitrogens with two attached hydrogens (primary N) is 1.